The van der Waals surface area contributed by atoms with Crippen LogP contribution in [0.4, 0.5) is 13.2 Å². The van der Waals surface area contributed by atoms with Crippen LogP contribution in [0.3, 0.4) is 0 Å². The van der Waals surface area contributed by atoms with Gasteiger partial charge in [-0.1, -0.05) is 0 Å². The summed E-state index contributed by atoms with van der Waals surface area (Å²) < 4.78 is 67.2. The first kappa shape index (κ1) is 22.2. The van der Waals surface area contributed by atoms with Crippen LogP contribution in [0.15, 0.2) is 41.5 Å². The number of nitrogens with two attached hydrogens (primary N) is 1. The van der Waals surface area contributed by atoms with Crippen molar-refractivity contribution in [2.45, 2.75) is 30.1 Å². The number of hydrogen-bond donors (Lipinski definition) is 1. The molecule has 6 nitrogen and oxygen atoms in total. The first-order valence-electron chi connectivity index (χ1n) is 9.23. The average molecular weight is 440 g/mol. The fraction of sp³-hybridized carbons (Fsp3) is 0.400. The predicted molar refractivity (Wildman–Crippen MR) is 109 cm³/mol. The molecular formula is C20H23F3N4O2S. The van der Waals surface area contributed by atoms with Gasteiger partial charge in [0.15, 0.2) is 0 Å². The number of hydrogen-bond acceptors (Lipinski definition) is 5. The molecule has 1 aliphatic rings. The van der Waals surface area contributed by atoms with E-state index in [1.54, 1.807) is 0 Å². The standard InChI is InChI=1S/C20H23F3N4O2S/c1-19(30(28,29)27(2)3)8-9-20(12-21,26-18(19)24)15-10-13(4-6-16(15)23)17-7-5-14(22)11-25-17/h4-7,10-11H,8-9,12H2,1-3H3,(H2,24,26)/t19-,20-/m1/s1. The molecule has 0 amide bonds. The zero-order chi connectivity index (χ0) is 22.3. The van der Waals surface area contributed by atoms with Crippen LogP contribution in [0.5, 0.6) is 0 Å². The maximum Gasteiger partial charge on any atom is 0.226 e. The molecule has 0 saturated heterocycles. The zero-order valence-corrected chi connectivity index (χ0v) is 17.7. The van der Waals surface area contributed by atoms with Crippen LogP contribution in [0.25, 0.3) is 11.3 Å². The topological polar surface area (TPSA) is 88.7 Å². The van der Waals surface area contributed by atoms with E-state index in [-0.39, 0.29) is 24.2 Å². The molecule has 3 rings (SSSR count). The molecule has 1 aromatic heterocycles. The lowest BCUT2D eigenvalue weighted by atomic mass is 9.80. The van der Waals surface area contributed by atoms with Crippen LogP contribution in [0.2, 0.25) is 0 Å². The number of sulfonamides is 1. The molecule has 2 heterocycles. The van der Waals surface area contributed by atoms with Gasteiger partial charge in [-0.05, 0) is 50.1 Å². The fourth-order valence-corrected chi connectivity index (χ4v) is 5.07. The second-order valence-corrected chi connectivity index (χ2v) is 10.3. The Balaban J connectivity index is 2.12. The third kappa shape index (κ3) is 3.47. The SMILES string of the molecule is CN(C)S(=O)(=O)[C@]1(C)CC[C@@](CF)(c2cc(-c3ccc(F)cn3)ccc2F)N=C1N. The lowest BCUT2D eigenvalue weighted by Crippen LogP contribution is -2.57. The van der Waals surface area contributed by atoms with E-state index in [1.807, 2.05) is 0 Å². The Morgan fingerprint density at radius 2 is 1.87 bits per heavy atom. The molecule has 2 atom stereocenters. The van der Waals surface area contributed by atoms with Gasteiger partial charge in [0.05, 0.1) is 11.9 Å². The molecule has 30 heavy (non-hydrogen) atoms. The number of aliphatic imine (C=N–C) groups is 1. The second kappa shape index (κ2) is 7.66. The minimum absolute atomic E-state index is 0.0365. The Morgan fingerprint density at radius 3 is 2.40 bits per heavy atom. The maximum absolute atomic E-state index is 14.8. The molecule has 1 aromatic carbocycles. The van der Waals surface area contributed by atoms with Gasteiger partial charge in [0.1, 0.15) is 34.4 Å². The van der Waals surface area contributed by atoms with E-state index < -0.39 is 38.6 Å². The Morgan fingerprint density at radius 1 is 1.17 bits per heavy atom. The highest BCUT2D eigenvalue weighted by molar-refractivity contribution is 7.91. The first-order chi connectivity index (χ1) is 14.0. The van der Waals surface area contributed by atoms with Crippen molar-refractivity contribution >= 4 is 15.9 Å². The summed E-state index contributed by atoms with van der Waals surface area (Å²) in [5, 5.41) is 0. The molecule has 1 aliphatic heterocycles. The van der Waals surface area contributed by atoms with Crippen molar-refractivity contribution in [1.82, 2.24) is 9.29 Å². The Hall–Kier alpha value is -2.46. The molecule has 2 aromatic rings. The molecule has 0 bridgehead atoms. The highest BCUT2D eigenvalue weighted by Gasteiger charge is 2.51. The first-order valence-corrected chi connectivity index (χ1v) is 10.7. The van der Waals surface area contributed by atoms with Gasteiger partial charge < -0.3 is 5.73 Å². The van der Waals surface area contributed by atoms with Crippen molar-refractivity contribution in [3.05, 3.63) is 53.7 Å². The number of nitrogens with zero attached hydrogens (tertiary/aromatic N) is 3. The van der Waals surface area contributed by atoms with E-state index in [1.165, 1.54) is 45.3 Å². The fourth-order valence-electron chi connectivity index (χ4n) is 3.59. The van der Waals surface area contributed by atoms with Crippen molar-refractivity contribution in [2.75, 3.05) is 20.8 Å². The third-order valence-electron chi connectivity index (χ3n) is 5.65. The van der Waals surface area contributed by atoms with Gasteiger partial charge in [-0.25, -0.2) is 25.9 Å². The Kier molecular flexibility index (Phi) is 5.68. The van der Waals surface area contributed by atoms with Crippen LogP contribution < -0.4 is 5.73 Å². The minimum atomic E-state index is -3.84. The monoisotopic (exact) mass is 440 g/mol. The molecule has 0 radical (unpaired) electrons. The van der Waals surface area contributed by atoms with E-state index in [9.17, 15) is 21.6 Å². The molecule has 0 fully saturated rings. The van der Waals surface area contributed by atoms with E-state index in [4.69, 9.17) is 5.73 Å². The van der Waals surface area contributed by atoms with Crippen molar-refractivity contribution in [3.8, 4) is 11.3 Å². The zero-order valence-electron chi connectivity index (χ0n) is 16.9. The van der Waals surface area contributed by atoms with Gasteiger partial charge in [-0.3, -0.25) is 9.98 Å². The normalized spacial score (nSPS) is 24.7. The summed E-state index contributed by atoms with van der Waals surface area (Å²) >= 11 is 0. The van der Waals surface area contributed by atoms with Crippen LogP contribution in [0, 0.1) is 11.6 Å². The third-order valence-corrected chi connectivity index (χ3v) is 8.17. The number of pyridine rings is 1. The molecule has 0 saturated carbocycles. The van der Waals surface area contributed by atoms with Crippen molar-refractivity contribution < 1.29 is 21.6 Å². The molecular weight excluding hydrogens is 417 g/mol. The maximum atomic E-state index is 14.8. The average Bonchev–Trinajstić information content (AvgIpc) is 2.71. The summed E-state index contributed by atoms with van der Waals surface area (Å²) in [6.07, 6.45) is 0.924. The van der Waals surface area contributed by atoms with E-state index in [2.05, 4.69) is 9.98 Å². The number of aromatic nitrogens is 1. The van der Waals surface area contributed by atoms with E-state index in [0.29, 0.717) is 11.3 Å². The van der Waals surface area contributed by atoms with Crippen LogP contribution in [-0.2, 0) is 15.6 Å². The van der Waals surface area contributed by atoms with Gasteiger partial charge in [0.2, 0.25) is 10.0 Å². The Labute approximate surface area is 173 Å². The molecule has 10 heteroatoms. The molecule has 162 valence electrons. The predicted octanol–water partition coefficient (Wildman–Crippen LogP) is 2.99. The van der Waals surface area contributed by atoms with Gasteiger partial charge in [0, 0.05) is 25.2 Å². The van der Waals surface area contributed by atoms with E-state index >= 15 is 0 Å². The quantitative estimate of drug-likeness (QED) is 0.774. The Bertz CT molecular complexity index is 1090. The summed E-state index contributed by atoms with van der Waals surface area (Å²) in [7, 11) is -1.08. The molecule has 0 spiro atoms. The summed E-state index contributed by atoms with van der Waals surface area (Å²) in [4.78, 5) is 8.17. The largest absolute Gasteiger partial charge is 0.386 e. The summed E-state index contributed by atoms with van der Waals surface area (Å²) in [6.45, 7) is 0.363. The summed E-state index contributed by atoms with van der Waals surface area (Å²) in [5.74, 6) is -1.49. The lowest BCUT2D eigenvalue weighted by molar-refractivity contribution is 0.264. The highest BCUT2D eigenvalue weighted by Crippen LogP contribution is 2.43. The lowest BCUT2D eigenvalue weighted by Gasteiger charge is -2.41. The van der Waals surface area contributed by atoms with Crippen molar-refractivity contribution in [3.63, 3.8) is 0 Å². The highest BCUT2D eigenvalue weighted by atomic mass is 32.2. The van der Waals surface area contributed by atoms with Gasteiger partial charge in [-0.15, -0.1) is 0 Å². The number of benzene rings is 1. The second-order valence-electron chi connectivity index (χ2n) is 7.74. The van der Waals surface area contributed by atoms with Crippen molar-refractivity contribution in [1.29, 1.82) is 0 Å². The number of amidine groups is 1. The number of halogens is 3. The summed E-state index contributed by atoms with van der Waals surface area (Å²) in [5.41, 5.74) is 5.15. The number of rotatable bonds is 5. The summed E-state index contributed by atoms with van der Waals surface area (Å²) in [6, 6.07) is 6.64. The van der Waals surface area contributed by atoms with Crippen LogP contribution in [-0.4, -0.2) is 49.1 Å². The van der Waals surface area contributed by atoms with Crippen LogP contribution in [0.1, 0.15) is 25.3 Å². The molecule has 0 unspecified atom stereocenters. The van der Waals surface area contributed by atoms with Gasteiger partial charge in [0.25, 0.3) is 0 Å². The smallest absolute Gasteiger partial charge is 0.226 e. The molecule has 2 N–H and O–H groups in total. The minimum Gasteiger partial charge on any atom is -0.386 e. The van der Waals surface area contributed by atoms with Crippen LogP contribution >= 0.6 is 0 Å². The van der Waals surface area contributed by atoms with E-state index in [0.717, 1.165) is 16.6 Å². The number of alkyl halides is 1. The van der Waals surface area contributed by atoms with Crippen molar-refractivity contribution in [2.24, 2.45) is 10.7 Å². The molecule has 0 aliphatic carbocycles. The van der Waals surface area contributed by atoms with Gasteiger partial charge in [-0.2, -0.15) is 0 Å². The van der Waals surface area contributed by atoms with Gasteiger partial charge >= 0.3 is 0 Å².